The van der Waals surface area contributed by atoms with E-state index in [4.69, 9.17) is 11.6 Å². The van der Waals surface area contributed by atoms with Crippen LogP contribution >= 0.6 is 11.6 Å². The first kappa shape index (κ1) is 12.3. The van der Waals surface area contributed by atoms with Gasteiger partial charge in [-0.25, -0.2) is 4.39 Å². The van der Waals surface area contributed by atoms with Crippen molar-refractivity contribution in [1.29, 1.82) is 0 Å². The van der Waals surface area contributed by atoms with E-state index in [1.54, 1.807) is 18.2 Å². The number of rotatable bonds is 2. The van der Waals surface area contributed by atoms with Gasteiger partial charge < -0.3 is 10.4 Å². The monoisotopic (exact) mass is 277 g/mol. The van der Waals surface area contributed by atoms with Crippen LogP contribution in [0.15, 0.2) is 36.4 Å². The van der Waals surface area contributed by atoms with Gasteiger partial charge >= 0.3 is 0 Å². The second kappa shape index (κ2) is 4.74. The SMILES string of the molecule is Oc1ccc2c(c1)CCC2Nc1ccc(F)cc1Cl. The summed E-state index contributed by atoms with van der Waals surface area (Å²) in [4.78, 5) is 0. The smallest absolute Gasteiger partial charge is 0.124 e. The fourth-order valence-corrected chi connectivity index (χ4v) is 2.77. The molecule has 0 saturated carbocycles. The van der Waals surface area contributed by atoms with E-state index in [0.29, 0.717) is 10.8 Å². The summed E-state index contributed by atoms with van der Waals surface area (Å²) in [5, 5.41) is 13.2. The lowest BCUT2D eigenvalue weighted by Crippen LogP contribution is -2.07. The van der Waals surface area contributed by atoms with Crippen LogP contribution in [-0.4, -0.2) is 5.11 Å². The van der Waals surface area contributed by atoms with Gasteiger partial charge in [0.05, 0.1) is 16.8 Å². The number of hydrogen-bond acceptors (Lipinski definition) is 2. The highest BCUT2D eigenvalue weighted by atomic mass is 35.5. The summed E-state index contributed by atoms with van der Waals surface area (Å²) in [5.41, 5.74) is 3.04. The Morgan fingerprint density at radius 2 is 2.05 bits per heavy atom. The molecule has 0 amide bonds. The second-order valence-electron chi connectivity index (χ2n) is 4.74. The first-order valence-corrected chi connectivity index (χ1v) is 6.54. The minimum atomic E-state index is -0.340. The van der Waals surface area contributed by atoms with Crippen molar-refractivity contribution < 1.29 is 9.50 Å². The molecule has 0 fully saturated rings. The van der Waals surface area contributed by atoms with Gasteiger partial charge in [-0.3, -0.25) is 0 Å². The quantitative estimate of drug-likeness (QED) is 0.858. The lowest BCUT2D eigenvalue weighted by Gasteiger charge is -2.16. The molecule has 1 aliphatic carbocycles. The number of phenols is 1. The van der Waals surface area contributed by atoms with Gasteiger partial charge in [0.1, 0.15) is 11.6 Å². The summed E-state index contributed by atoms with van der Waals surface area (Å²) in [6.07, 6.45) is 1.85. The summed E-state index contributed by atoms with van der Waals surface area (Å²) < 4.78 is 13.0. The summed E-state index contributed by atoms with van der Waals surface area (Å²) in [6, 6.07) is 9.90. The lowest BCUT2D eigenvalue weighted by atomic mass is 10.1. The van der Waals surface area contributed by atoms with E-state index >= 15 is 0 Å². The predicted octanol–water partition coefficient (Wildman–Crippen LogP) is 4.28. The van der Waals surface area contributed by atoms with Gasteiger partial charge in [-0.1, -0.05) is 17.7 Å². The van der Waals surface area contributed by atoms with Crippen LogP contribution in [0, 0.1) is 5.82 Å². The maximum atomic E-state index is 13.0. The molecule has 2 aromatic carbocycles. The highest BCUT2D eigenvalue weighted by molar-refractivity contribution is 6.33. The molecule has 0 aromatic heterocycles. The number of aryl methyl sites for hydroxylation is 1. The summed E-state index contributed by atoms with van der Waals surface area (Å²) >= 11 is 6.02. The van der Waals surface area contributed by atoms with Gasteiger partial charge in [-0.2, -0.15) is 0 Å². The highest BCUT2D eigenvalue weighted by Crippen LogP contribution is 2.37. The molecule has 0 radical (unpaired) electrons. The minimum absolute atomic E-state index is 0.151. The highest BCUT2D eigenvalue weighted by Gasteiger charge is 2.23. The molecule has 19 heavy (non-hydrogen) atoms. The first-order valence-electron chi connectivity index (χ1n) is 6.17. The number of fused-ring (bicyclic) bond motifs is 1. The zero-order chi connectivity index (χ0) is 13.4. The van der Waals surface area contributed by atoms with Crippen LogP contribution in [0.5, 0.6) is 5.75 Å². The van der Waals surface area contributed by atoms with Crippen LogP contribution in [0.25, 0.3) is 0 Å². The van der Waals surface area contributed by atoms with Crippen molar-refractivity contribution in [3.8, 4) is 5.75 Å². The molecule has 1 atom stereocenters. The van der Waals surface area contributed by atoms with Crippen molar-refractivity contribution in [1.82, 2.24) is 0 Å². The van der Waals surface area contributed by atoms with Crippen molar-refractivity contribution in [3.05, 3.63) is 58.4 Å². The third-order valence-corrected chi connectivity index (χ3v) is 3.78. The Hall–Kier alpha value is -1.74. The van der Waals surface area contributed by atoms with Crippen LogP contribution in [0.4, 0.5) is 10.1 Å². The van der Waals surface area contributed by atoms with E-state index in [9.17, 15) is 9.50 Å². The average molecular weight is 278 g/mol. The summed E-state index contributed by atoms with van der Waals surface area (Å²) in [6.45, 7) is 0. The van der Waals surface area contributed by atoms with Crippen molar-refractivity contribution in [2.45, 2.75) is 18.9 Å². The number of anilines is 1. The molecule has 1 unspecified atom stereocenters. The minimum Gasteiger partial charge on any atom is -0.508 e. The predicted molar refractivity (Wildman–Crippen MR) is 74.2 cm³/mol. The normalized spacial score (nSPS) is 17.3. The number of aromatic hydroxyl groups is 1. The lowest BCUT2D eigenvalue weighted by molar-refractivity contribution is 0.474. The van der Waals surface area contributed by atoms with Crippen LogP contribution in [0.3, 0.4) is 0 Å². The Morgan fingerprint density at radius 3 is 2.84 bits per heavy atom. The van der Waals surface area contributed by atoms with E-state index in [1.807, 2.05) is 6.07 Å². The van der Waals surface area contributed by atoms with Crippen molar-refractivity contribution >= 4 is 17.3 Å². The molecule has 3 rings (SSSR count). The Balaban J connectivity index is 1.86. The van der Waals surface area contributed by atoms with Crippen LogP contribution in [-0.2, 0) is 6.42 Å². The molecule has 0 spiro atoms. The largest absolute Gasteiger partial charge is 0.508 e. The van der Waals surface area contributed by atoms with Crippen molar-refractivity contribution in [2.75, 3.05) is 5.32 Å². The van der Waals surface area contributed by atoms with Gasteiger partial charge in [0.2, 0.25) is 0 Å². The molecule has 1 aliphatic rings. The number of nitrogens with one attached hydrogen (secondary N) is 1. The summed E-state index contributed by atoms with van der Waals surface area (Å²) in [5.74, 6) is -0.0495. The molecular formula is C15H13ClFNO. The Bertz CT molecular complexity index is 630. The van der Waals surface area contributed by atoms with Gasteiger partial charge in [-0.05, 0) is 54.3 Å². The van der Waals surface area contributed by atoms with Crippen LogP contribution in [0.2, 0.25) is 5.02 Å². The standard InChI is InChI=1S/C15H13ClFNO/c16-13-8-10(17)2-6-15(13)18-14-5-1-9-7-11(19)3-4-12(9)14/h2-4,6-8,14,18-19H,1,5H2. The Kier molecular flexibility index (Phi) is 3.07. The molecule has 0 saturated heterocycles. The molecule has 0 bridgehead atoms. The molecule has 2 N–H and O–H groups in total. The Morgan fingerprint density at radius 1 is 1.21 bits per heavy atom. The topological polar surface area (TPSA) is 32.3 Å². The van der Waals surface area contributed by atoms with Crippen molar-refractivity contribution in [2.24, 2.45) is 0 Å². The molecule has 2 aromatic rings. The number of hydrogen-bond donors (Lipinski definition) is 2. The maximum absolute atomic E-state index is 13.0. The molecule has 4 heteroatoms. The van der Waals surface area contributed by atoms with E-state index in [0.717, 1.165) is 29.7 Å². The second-order valence-corrected chi connectivity index (χ2v) is 5.15. The third kappa shape index (κ3) is 2.38. The first-order chi connectivity index (χ1) is 9.13. The zero-order valence-corrected chi connectivity index (χ0v) is 10.9. The third-order valence-electron chi connectivity index (χ3n) is 3.47. The summed E-state index contributed by atoms with van der Waals surface area (Å²) in [7, 11) is 0. The number of benzene rings is 2. The van der Waals surface area contributed by atoms with E-state index in [-0.39, 0.29) is 11.9 Å². The van der Waals surface area contributed by atoms with Crippen LogP contribution < -0.4 is 5.32 Å². The van der Waals surface area contributed by atoms with Crippen LogP contribution in [0.1, 0.15) is 23.6 Å². The van der Waals surface area contributed by atoms with Gasteiger partial charge in [0, 0.05) is 0 Å². The number of halogens is 2. The zero-order valence-electron chi connectivity index (χ0n) is 10.2. The fraction of sp³-hybridized carbons (Fsp3) is 0.200. The Labute approximate surface area is 115 Å². The average Bonchev–Trinajstić information content (AvgIpc) is 2.75. The van der Waals surface area contributed by atoms with E-state index in [1.165, 1.54) is 12.1 Å². The molecule has 98 valence electrons. The van der Waals surface area contributed by atoms with Crippen molar-refractivity contribution in [3.63, 3.8) is 0 Å². The molecule has 0 aliphatic heterocycles. The molecule has 2 nitrogen and oxygen atoms in total. The maximum Gasteiger partial charge on any atom is 0.124 e. The van der Waals surface area contributed by atoms with Gasteiger partial charge in [0.15, 0.2) is 0 Å². The number of phenolic OH excluding ortho intramolecular Hbond substituents is 1. The van der Waals surface area contributed by atoms with Gasteiger partial charge in [0.25, 0.3) is 0 Å². The van der Waals surface area contributed by atoms with Gasteiger partial charge in [-0.15, -0.1) is 0 Å². The molecular weight excluding hydrogens is 265 g/mol. The molecule has 0 heterocycles. The van der Waals surface area contributed by atoms with E-state index in [2.05, 4.69) is 5.32 Å². The fourth-order valence-electron chi connectivity index (χ4n) is 2.55. The van der Waals surface area contributed by atoms with E-state index < -0.39 is 0 Å².